The molecule has 0 saturated carbocycles. The summed E-state index contributed by atoms with van der Waals surface area (Å²) < 4.78 is 10.1. The van der Waals surface area contributed by atoms with E-state index in [0.29, 0.717) is 6.42 Å². The summed E-state index contributed by atoms with van der Waals surface area (Å²) in [7, 11) is 0. The third-order valence-electron chi connectivity index (χ3n) is 5.65. The van der Waals surface area contributed by atoms with Crippen molar-refractivity contribution in [2.24, 2.45) is 5.73 Å². The molecule has 30 heavy (non-hydrogen) atoms. The summed E-state index contributed by atoms with van der Waals surface area (Å²) in [4.78, 5) is 22.1. The highest BCUT2D eigenvalue weighted by Crippen LogP contribution is 2.17. The van der Waals surface area contributed by atoms with Gasteiger partial charge in [-0.1, -0.05) is 110 Å². The Bertz CT molecular complexity index is 407. The highest BCUT2D eigenvalue weighted by molar-refractivity contribution is 5.66. The van der Waals surface area contributed by atoms with E-state index in [4.69, 9.17) is 15.2 Å². The third-order valence-corrected chi connectivity index (χ3v) is 5.65. The molecule has 5 nitrogen and oxygen atoms in total. The van der Waals surface area contributed by atoms with Crippen LogP contribution in [0.1, 0.15) is 130 Å². The van der Waals surface area contributed by atoms with Crippen molar-refractivity contribution in [2.45, 2.75) is 135 Å². The van der Waals surface area contributed by atoms with Gasteiger partial charge in [0.05, 0.1) is 5.54 Å². The lowest BCUT2D eigenvalue weighted by Crippen LogP contribution is -2.49. The van der Waals surface area contributed by atoms with Crippen molar-refractivity contribution < 1.29 is 19.1 Å². The molecule has 2 N–H and O–H groups in total. The Hall–Kier alpha value is -1.10. The van der Waals surface area contributed by atoms with E-state index in [9.17, 15) is 9.59 Å². The Morgan fingerprint density at radius 2 is 0.900 bits per heavy atom. The molecule has 0 rings (SSSR count). The molecule has 0 aliphatic rings. The molecular formula is C25H49NO4. The van der Waals surface area contributed by atoms with Gasteiger partial charge in [0.2, 0.25) is 0 Å². The lowest BCUT2D eigenvalue weighted by molar-refractivity contribution is -0.147. The van der Waals surface area contributed by atoms with Crippen LogP contribution in [0.3, 0.4) is 0 Å². The van der Waals surface area contributed by atoms with Crippen molar-refractivity contribution in [1.29, 1.82) is 0 Å². The van der Waals surface area contributed by atoms with Crippen LogP contribution in [0.25, 0.3) is 0 Å². The molecule has 0 spiro atoms. The van der Waals surface area contributed by atoms with Gasteiger partial charge in [0.25, 0.3) is 0 Å². The van der Waals surface area contributed by atoms with E-state index in [1.54, 1.807) is 0 Å². The summed E-state index contributed by atoms with van der Waals surface area (Å²) in [6.45, 7) is 5.18. The number of ether oxygens (including phenoxy) is 2. The lowest BCUT2D eigenvalue weighted by Gasteiger charge is -2.28. The molecule has 5 heteroatoms. The molecule has 0 aliphatic carbocycles. The summed E-state index contributed by atoms with van der Waals surface area (Å²) in [5.41, 5.74) is 5.52. The first kappa shape index (κ1) is 28.9. The van der Waals surface area contributed by atoms with E-state index in [-0.39, 0.29) is 25.2 Å². The molecule has 0 atom stereocenters. The first-order valence-corrected chi connectivity index (χ1v) is 12.5. The fraction of sp³-hybridized carbons (Fsp3) is 0.920. The Kier molecular flexibility index (Phi) is 19.1. The van der Waals surface area contributed by atoms with Crippen LogP contribution in [-0.4, -0.2) is 30.7 Å². The number of nitrogens with two attached hydrogens (primary N) is 1. The number of hydrogen-bond donors (Lipinski definition) is 1. The minimum atomic E-state index is -0.784. The first-order valence-electron chi connectivity index (χ1n) is 12.5. The van der Waals surface area contributed by atoms with Crippen molar-refractivity contribution in [2.75, 3.05) is 13.2 Å². The quantitative estimate of drug-likeness (QED) is 0.168. The third kappa shape index (κ3) is 20.2. The number of esters is 2. The molecule has 0 aromatic carbocycles. The highest BCUT2D eigenvalue weighted by Gasteiger charge is 2.27. The molecule has 0 unspecified atom stereocenters. The molecule has 0 radical (unpaired) electrons. The second-order valence-corrected chi connectivity index (χ2v) is 8.98. The summed E-state index contributed by atoms with van der Waals surface area (Å²) in [6.07, 6.45) is 21.9. The molecule has 0 amide bonds. The van der Waals surface area contributed by atoms with E-state index in [2.05, 4.69) is 6.92 Å². The van der Waals surface area contributed by atoms with E-state index in [0.717, 1.165) is 12.8 Å². The van der Waals surface area contributed by atoms with Gasteiger partial charge >= 0.3 is 11.9 Å². The normalized spacial score (nSPS) is 11.5. The van der Waals surface area contributed by atoms with Crippen molar-refractivity contribution in [3.63, 3.8) is 0 Å². The summed E-state index contributed by atoms with van der Waals surface area (Å²) >= 11 is 0. The van der Waals surface area contributed by atoms with E-state index in [1.807, 2.05) is 0 Å². The van der Waals surface area contributed by atoms with E-state index in [1.165, 1.54) is 104 Å². The van der Waals surface area contributed by atoms with Crippen LogP contribution in [0.2, 0.25) is 0 Å². The maximum Gasteiger partial charge on any atom is 0.302 e. The Morgan fingerprint density at radius 3 is 1.20 bits per heavy atom. The second-order valence-electron chi connectivity index (χ2n) is 8.98. The predicted molar refractivity (Wildman–Crippen MR) is 124 cm³/mol. The maximum atomic E-state index is 11.1. The van der Waals surface area contributed by atoms with Crippen LogP contribution in [0.5, 0.6) is 0 Å². The van der Waals surface area contributed by atoms with Gasteiger partial charge in [0, 0.05) is 13.8 Å². The SMILES string of the molecule is CCCCCCCCCCCCCCCCCCC(N)(COC(C)=O)COC(C)=O. The first-order chi connectivity index (χ1) is 14.4. The summed E-state index contributed by atoms with van der Waals surface area (Å²) in [5, 5.41) is 0. The average molecular weight is 428 g/mol. The fourth-order valence-corrected chi connectivity index (χ4v) is 3.70. The molecule has 0 aliphatic heterocycles. The number of carbonyl (C=O) groups is 2. The monoisotopic (exact) mass is 427 g/mol. The van der Waals surface area contributed by atoms with Crippen LogP contribution in [0.15, 0.2) is 0 Å². The van der Waals surface area contributed by atoms with Gasteiger partial charge in [-0.3, -0.25) is 9.59 Å². The number of carbonyl (C=O) groups excluding carboxylic acids is 2. The zero-order valence-corrected chi connectivity index (χ0v) is 20.1. The second kappa shape index (κ2) is 19.8. The van der Waals surface area contributed by atoms with Crippen LogP contribution in [0, 0.1) is 0 Å². The van der Waals surface area contributed by atoms with Crippen molar-refractivity contribution >= 4 is 11.9 Å². The molecule has 0 fully saturated rings. The molecule has 0 aromatic heterocycles. The van der Waals surface area contributed by atoms with Gasteiger partial charge in [-0.05, 0) is 6.42 Å². The zero-order chi connectivity index (χ0) is 22.5. The molecule has 0 aromatic rings. The van der Waals surface area contributed by atoms with Gasteiger partial charge in [0.1, 0.15) is 13.2 Å². The fourth-order valence-electron chi connectivity index (χ4n) is 3.70. The summed E-state index contributed by atoms with van der Waals surface area (Å²) in [6, 6.07) is 0. The average Bonchev–Trinajstić information content (AvgIpc) is 2.70. The Labute approximate surface area is 185 Å². The van der Waals surface area contributed by atoms with E-state index >= 15 is 0 Å². The smallest absolute Gasteiger partial charge is 0.302 e. The Balaban J connectivity index is 3.58. The van der Waals surface area contributed by atoms with Crippen molar-refractivity contribution in [3.05, 3.63) is 0 Å². The van der Waals surface area contributed by atoms with Gasteiger partial charge in [-0.15, -0.1) is 0 Å². The Morgan fingerprint density at radius 1 is 0.600 bits per heavy atom. The number of unbranched alkanes of at least 4 members (excludes halogenated alkanes) is 15. The van der Waals surface area contributed by atoms with Gasteiger partial charge in [-0.25, -0.2) is 0 Å². The number of rotatable bonds is 21. The minimum absolute atomic E-state index is 0.0916. The van der Waals surface area contributed by atoms with E-state index < -0.39 is 5.54 Å². The van der Waals surface area contributed by atoms with Crippen molar-refractivity contribution in [3.8, 4) is 0 Å². The van der Waals surface area contributed by atoms with Crippen LogP contribution in [0.4, 0.5) is 0 Å². The highest BCUT2D eigenvalue weighted by atomic mass is 16.5. The van der Waals surface area contributed by atoms with Crippen LogP contribution in [-0.2, 0) is 19.1 Å². The molecule has 178 valence electrons. The zero-order valence-electron chi connectivity index (χ0n) is 20.1. The van der Waals surface area contributed by atoms with Crippen molar-refractivity contribution in [1.82, 2.24) is 0 Å². The largest absolute Gasteiger partial charge is 0.464 e. The van der Waals surface area contributed by atoms with Gasteiger partial charge in [0.15, 0.2) is 0 Å². The molecule has 0 heterocycles. The summed E-state index contributed by atoms with van der Waals surface area (Å²) in [5.74, 6) is -0.723. The van der Waals surface area contributed by atoms with Crippen LogP contribution >= 0.6 is 0 Å². The van der Waals surface area contributed by atoms with Gasteiger partial charge < -0.3 is 15.2 Å². The minimum Gasteiger partial charge on any atom is -0.464 e. The number of hydrogen-bond acceptors (Lipinski definition) is 5. The molecule has 0 bridgehead atoms. The predicted octanol–water partition coefficient (Wildman–Crippen LogP) is 6.46. The topological polar surface area (TPSA) is 78.6 Å². The van der Waals surface area contributed by atoms with Gasteiger partial charge in [-0.2, -0.15) is 0 Å². The standard InChI is InChI=1S/C25H49NO4/c1-4-5-6-7-8-9-10-11-12-13-14-15-16-17-18-19-20-25(26,21-29-23(2)27)22-30-24(3)28/h4-22,26H2,1-3H3. The lowest BCUT2D eigenvalue weighted by atomic mass is 9.94. The molecule has 0 saturated heterocycles. The molecular weight excluding hydrogens is 378 g/mol. The maximum absolute atomic E-state index is 11.1. The van der Waals surface area contributed by atoms with Crippen LogP contribution < -0.4 is 5.73 Å².